The molecule has 1 saturated heterocycles. The maximum absolute atomic E-state index is 4.44. The van der Waals surface area contributed by atoms with Gasteiger partial charge >= 0.3 is 0 Å². The molecule has 1 atom stereocenters. The van der Waals surface area contributed by atoms with Crippen molar-refractivity contribution >= 4 is 0 Å². The predicted molar refractivity (Wildman–Crippen MR) is 73.5 cm³/mol. The summed E-state index contributed by atoms with van der Waals surface area (Å²) in [6.45, 7) is 3.14. The van der Waals surface area contributed by atoms with E-state index in [4.69, 9.17) is 0 Å². The molecule has 0 radical (unpaired) electrons. The Labute approximate surface area is 113 Å². The van der Waals surface area contributed by atoms with Crippen LogP contribution in [-0.4, -0.2) is 33.3 Å². The predicted octanol–water partition coefficient (Wildman–Crippen LogP) is 1.73. The second-order valence-corrected chi connectivity index (χ2v) is 5.08. The smallest absolute Gasteiger partial charge is 0.204 e. The summed E-state index contributed by atoms with van der Waals surface area (Å²) in [4.78, 5) is 1.72. The summed E-state index contributed by atoms with van der Waals surface area (Å²) in [6, 6.07) is 9.98. The summed E-state index contributed by atoms with van der Waals surface area (Å²) >= 11 is 0. The Balaban J connectivity index is 1.59. The molecule has 5 heteroatoms. The highest BCUT2D eigenvalue weighted by molar-refractivity contribution is 5.52. The van der Waals surface area contributed by atoms with Crippen molar-refractivity contribution in [2.75, 3.05) is 13.1 Å². The largest absolute Gasteiger partial charge is 0.316 e. The van der Waals surface area contributed by atoms with E-state index >= 15 is 0 Å². The van der Waals surface area contributed by atoms with Crippen molar-refractivity contribution < 1.29 is 0 Å². The minimum absolute atomic E-state index is 0.711. The first-order valence-electron chi connectivity index (χ1n) is 6.96. The number of benzene rings is 1. The molecule has 0 bridgehead atoms. The zero-order valence-electron chi connectivity index (χ0n) is 11.0. The lowest BCUT2D eigenvalue weighted by atomic mass is 9.96. The van der Waals surface area contributed by atoms with E-state index in [1.165, 1.54) is 12.8 Å². The molecule has 2 heterocycles. The number of tetrazole rings is 1. The maximum Gasteiger partial charge on any atom is 0.204 e. The van der Waals surface area contributed by atoms with E-state index in [-0.39, 0.29) is 0 Å². The van der Waals surface area contributed by atoms with Gasteiger partial charge in [-0.2, -0.15) is 4.80 Å². The van der Waals surface area contributed by atoms with E-state index < -0.39 is 0 Å². The van der Waals surface area contributed by atoms with E-state index in [0.717, 1.165) is 37.5 Å². The van der Waals surface area contributed by atoms with Crippen molar-refractivity contribution in [2.24, 2.45) is 5.92 Å². The van der Waals surface area contributed by atoms with Crippen molar-refractivity contribution in [3.63, 3.8) is 0 Å². The average molecular weight is 257 g/mol. The van der Waals surface area contributed by atoms with Gasteiger partial charge in [0.05, 0.1) is 6.54 Å². The molecule has 1 fully saturated rings. The molecule has 0 amide bonds. The second-order valence-electron chi connectivity index (χ2n) is 5.08. The third-order valence-electron chi connectivity index (χ3n) is 3.62. The summed E-state index contributed by atoms with van der Waals surface area (Å²) in [5.41, 5.74) is 1.02. The fourth-order valence-corrected chi connectivity index (χ4v) is 2.51. The van der Waals surface area contributed by atoms with E-state index in [2.05, 4.69) is 20.7 Å². The summed E-state index contributed by atoms with van der Waals surface area (Å²) in [5.74, 6) is 1.46. The molecule has 0 saturated carbocycles. The van der Waals surface area contributed by atoms with Gasteiger partial charge < -0.3 is 5.32 Å². The van der Waals surface area contributed by atoms with E-state index in [9.17, 15) is 0 Å². The molecule has 5 nitrogen and oxygen atoms in total. The van der Waals surface area contributed by atoms with Gasteiger partial charge in [0.2, 0.25) is 5.82 Å². The number of piperidine rings is 1. The lowest BCUT2D eigenvalue weighted by Gasteiger charge is -2.21. The molecule has 1 aliphatic rings. The zero-order valence-corrected chi connectivity index (χ0v) is 11.0. The highest BCUT2D eigenvalue weighted by atomic mass is 15.6. The second kappa shape index (κ2) is 5.93. The van der Waals surface area contributed by atoms with Gasteiger partial charge in [0, 0.05) is 5.56 Å². The van der Waals surface area contributed by atoms with Crippen LogP contribution in [0.4, 0.5) is 0 Å². The number of hydrogen-bond donors (Lipinski definition) is 1. The molecular formula is C14H19N5. The third kappa shape index (κ3) is 3.17. The van der Waals surface area contributed by atoms with Crippen LogP contribution in [0.25, 0.3) is 11.4 Å². The molecule has 1 aromatic carbocycles. The fourth-order valence-electron chi connectivity index (χ4n) is 2.51. The first-order chi connectivity index (χ1) is 9.42. The quantitative estimate of drug-likeness (QED) is 0.906. The molecule has 1 aliphatic heterocycles. The van der Waals surface area contributed by atoms with Crippen molar-refractivity contribution in [2.45, 2.75) is 25.8 Å². The first kappa shape index (κ1) is 12.3. The number of nitrogens with zero attached hydrogens (tertiary/aromatic N) is 4. The Morgan fingerprint density at radius 3 is 2.95 bits per heavy atom. The first-order valence-corrected chi connectivity index (χ1v) is 6.96. The number of aryl methyl sites for hydroxylation is 1. The van der Waals surface area contributed by atoms with Crippen molar-refractivity contribution in [1.29, 1.82) is 0 Å². The lowest BCUT2D eigenvalue weighted by Crippen LogP contribution is -2.30. The topological polar surface area (TPSA) is 55.6 Å². The number of hydrogen-bond acceptors (Lipinski definition) is 4. The van der Waals surface area contributed by atoms with Crippen LogP contribution in [0.1, 0.15) is 19.3 Å². The van der Waals surface area contributed by atoms with Gasteiger partial charge in [-0.05, 0) is 43.5 Å². The Kier molecular flexibility index (Phi) is 3.83. The summed E-state index contributed by atoms with van der Waals surface area (Å²) in [5, 5.41) is 16.1. The van der Waals surface area contributed by atoms with Gasteiger partial charge in [-0.15, -0.1) is 10.2 Å². The van der Waals surface area contributed by atoms with Gasteiger partial charge in [0.15, 0.2) is 0 Å². The normalized spacial score (nSPS) is 19.5. The molecule has 0 aliphatic carbocycles. The van der Waals surface area contributed by atoms with Gasteiger partial charge in [-0.3, -0.25) is 0 Å². The molecule has 19 heavy (non-hydrogen) atoms. The van der Waals surface area contributed by atoms with E-state index in [1.807, 2.05) is 30.3 Å². The van der Waals surface area contributed by atoms with E-state index in [0.29, 0.717) is 5.82 Å². The van der Waals surface area contributed by atoms with Crippen molar-refractivity contribution in [3.05, 3.63) is 30.3 Å². The molecule has 3 rings (SSSR count). The summed E-state index contributed by atoms with van der Waals surface area (Å²) in [6.07, 6.45) is 3.72. The standard InChI is InChI=1S/C14H19N5/c1-2-6-13(7-3-1)14-16-18-19(17-14)10-8-12-5-4-9-15-11-12/h1-3,6-7,12,15H,4-5,8-11H2. The average Bonchev–Trinajstić information content (AvgIpc) is 2.96. The Hall–Kier alpha value is -1.75. The SMILES string of the molecule is c1ccc(-c2nnn(CCC3CCCNC3)n2)cc1. The molecule has 1 aromatic heterocycles. The molecule has 2 aromatic rings. The van der Waals surface area contributed by atoms with Crippen molar-refractivity contribution in [3.8, 4) is 11.4 Å². The maximum atomic E-state index is 4.44. The minimum atomic E-state index is 0.711. The molecule has 0 spiro atoms. The van der Waals surface area contributed by atoms with Crippen LogP contribution in [0.5, 0.6) is 0 Å². The Bertz CT molecular complexity index is 502. The van der Waals surface area contributed by atoms with Crippen LogP contribution < -0.4 is 5.32 Å². The zero-order chi connectivity index (χ0) is 12.9. The van der Waals surface area contributed by atoms with E-state index in [1.54, 1.807) is 4.80 Å². The number of rotatable bonds is 4. The van der Waals surface area contributed by atoms with Crippen LogP contribution in [0.3, 0.4) is 0 Å². The highest BCUT2D eigenvalue weighted by Gasteiger charge is 2.13. The molecule has 1 unspecified atom stereocenters. The fraction of sp³-hybridized carbons (Fsp3) is 0.500. The Morgan fingerprint density at radius 1 is 1.26 bits per heavy atom. The third-order valence-corrected chi connectivity index (χ3v) is 3.62. The van der Waals surface area contributed by atoms with Crippen LogP contribution in [0.15, 0.2) is 30.3 Å². The minimum Gasteiger partial charge on any atom is -0.316 e. The van der Waals surface area contributed by atoms with Crippen LogP contribution in [0, 0.1) is 5.92 Å². The molecule has 100 valence electrons. The van der Waals surface area contributed by atoms with Crippen LogP contribution in [-0.2, 0) is 6.54 Å². The van der Waals surface area contributed by atoms with Gasteiger partial charge in [-0.1, -0.05) is 30.3 Å². The van der Waals surface area contributed by atoms with Crippen LogP contribution >= 0.6 is 0 Å². The molecule has 1 N–H and O–H groups in total. The van der Waals surface area contributed by atoms with Crippen LogP contribution in [0.2, 0.25) is 0 Å². The van der Waals surface area contributed by atoms with Gasteiger partial charge in [0.25, 0.3) is 0 Å². The monoisotopic (exact) mass is 257 g/mol. The number of aromatic nitrogens is 4. The van der Waals surface area contributed by atoms with Gasteiger partial charge in [0.1, 0.15) is 0 Å². The highest BCUT2D eigenvalue weighted by Crippen LogP contribution is 2.15. The molecular weight excluding hydrogens is 238 g/mol. The summed E-state index contributed by atoms with van der Waals surface area (Å²) in [7, 11) is 0. The van der Waals surface area contributed by atoms with Crippen molar-refractivity contribution in [1.82, 2.24) is 25.5 Å². The Morgan fingerprint density at radius 2 is 2.16 bits per heavy atom. The summed E-state index contributed by atoms with van der Waals surface area (Å²) < 4.78 is 0. The number of nitrogens with one attached hydrogen (secondary N) is 1. The lowest BCUT2D eigenvalue weighted by molar-refractivity contribution is 0.325. The van der Waals surface area contributed by atoms with Gasteiger partial charge in [-0.25, -0.2) is 0 Å².